The van der Waals surface area contributed by atoms with Gasteiger partial charge in [-0.1, -0.05) is 94.4 Å². The van der Waals surface area contributed by atoms with E-state index in [0.717, 1.165) is 0 Å². The second-order valence-corrected chi connectivity index (χ2v) is 13.2. The Bertz CT molecular complexity index is 726. The SMILES string of the molecule is C=C[C@@]1(C)O[C@H]1[C@H](C)CO[Si](c1ccccc1)(c1ccccc1)C(C)(C)C. The van der Waals surface area contributed by atoms with Crippen LogP contribution in [0.3, 0.4) is 0 Å². The molecule has 1 heterocycles. The molecule has 0 aliphatic carbocycles. The Balaban J connectivity index is 1.98. The number of epoxide rings is 1. The van der Waals surface area contributed by atoms with E-state index in [0.29, 0.717) is 12.5 Å². The highest BCUT2D eigenvalue weighted by Crippen LogP contribution is 2.43. The van der Waals surface area contributed by atoms with Crippen LogP contribution < -0.4 is 10.4 Å². The van der Waals surface area contributed by atoms with Crippen LogP contribution in [0.2, 0.25) is 5.04 Å². The molecule has 0 radical (unpaired) electrons. The highest BCUT2D eigenvalue weighted by Gasteiger charge is 2.55. The number of rotatable bonds is 7. The molecule has 0 unspecified atom stereocenters. The second kappa shape index (κ2) is 7.38. The number of benzene rings is 2. The quantitative estimate of drug-likeness (QED) is 0.399. The largest absolute Gasteiger partial charge is 0.407 e. The summed E-state index contributed by atoms with van der Waals surface area (Å²) in [5.74, 6) is 0.314. The smallest absolute Gasteiger partial charge is 0.261 e. The predicted octanol–water partition coefficient (Wildman–Crippen LogP) is 4.54. The summed E-state index contributed by atoms with van der Waals surface area (Å²) >= 11 is 0. The van der Waals surface area contributed by atoms with Gasteiger partial charge in [-0.25, -0.2) is 0 Å². The standard InChI is InChI=1S/C24H32O2Si/c1-7-24(6)22(26-24)19(2)18-25-27(23(3,4)5,20-14-10-8-11-15-20)21-16-12-9-13-17-21/h7-17,19,22H,1,18H2,2-6H3/t19-,22+,24-/m1/s1. The van der Waals surface area contributed by atoms with Gasteiger partial charge in [0.05, 0.1) is 6.10 Å². The van der Waals surface area contributed by atoms with Gasteiger partial charge in [0, 0.05) is 12.5 Å². The first-order valence-corrected chi connectivity index (χ1v) is 11.7. The Kier molecular flexibility index (Phi) is 5.49. The highest BCUT2D eigenvalue weighted by atomic mass is 28.4. The van der Waals surface area contributed by atoms with Crippen molar-refractivity contribution in [2.24, 2.45) is 5.92 Å². The fourth-order valence-corrected chi connectivity index (χ4v) is 8.86. The molecule has 0 N–H and O–H groups in total. The average molecular weight is 381 g/mol. The first kappa shape index (κ1) is 20.1. The van der Waals surface area contributed by atoms with Crippen molar-refractivity contribution < 1.29 is 9.16 Å². The topological polar surface area (TPSA) is 21.8 Å². The van der Waals surface area contributed by atoms with E-state index in [9.17, 15) is 0 Å². The van der Waals surface area contributed by atoms with Gasteiger partial charge in [0.1, 0.15) is 5.60 Å². The molecule has 27 heavy (non-hydrogen) atoms. The Morgan fingerprint density at radius 1 is 1.07 bits per heavy atom. The van der Waals surface area contributed by atoms with E-state index < -0.39 is 8.32 Å². The monoisotopic (exact) mass is 380 g/mol. The summed E-state index contributed by atoms with van der Waals surface area (Å²) in [5, 5.41) is 2.64. The van der Waals surface area contributed by atoms with Gasteiger partial charge in [0.2, 0.25) is 0 Å². The first-order chi connectivity index (χ1) is 12.7. The molecular formula is C24H32O2Si. The molecule has 0 bridgehead atoms. The van der Waals surface area contributed by atoms with E-state index in [2.05, 4.69) is 102 Å². The van der Waals surface area contributed by atoms with Crippen molar-refractivity contribution in [2.45, 2.75) is 51.4 Å². The minimum absolute atomic E-state index is 0.00156. The molecule has 3 heteroatoms. The molecule has 1 fully saturated rings. The molecule has 1 saturated heterocycles. The summed E-state index contributed by atoms with van der Waals surface area (Å²) in [5.41, 5.74) is -0.200. The average Bonchev–Trinajstić information content (AvgIpc) is 3.35. The van der Waals surface area contributed by atoms with Crippen LogP contribution in [-0.4, -0.2) is 26.6 Å². The summed E-state index contributed by atoms with van der Waals surface area (Å²) < 4.78 is 12.9. The highest BCUT2D eigenvalue weighted by molar-refractivity contribution is 6.99. The van der Waals surface area contributed by atoms with Gasteiger partial charge >= 0.3 is 0 Å². The third kappa shape index (κ3) is 3.69. The molecular weight excluding hydrogens is 348 g/mol. The van der Waals surface area contributed by atoms with Gasteiger partial charge in [-0.2, -0.15) is 0 Å². The van der Waals surface area contributed by atoms with Crippen molar-refractivity contribution in [1.82, 2.24) is 0 Å². The van der Waals surface area contributed by atoms with E-state index in [4.69, 9.17) is 9.16 Å². The van der Waals surface area contributed by atoms with Crippen LogP contribution in [0, 0.1) is 5.92 Å². The van der Waals surface area contributed by atoms with E-state index in [1.54, 1.807) is 0 Å². The third-order valence-electron chi connectivity index (χ3n) is 5.79. The summed E-state index contributed by atoms with van der Waals surface area (Å²) in [7, 11) is -2.47. The van der Waals surface area contributed by atoms with E-state index in [1.165, 1.54) is 10.4 Å². The minimum atomic E-state index is -2.47. The summed E-state index contributed by atoms with van der Waals surface area (Å²) in [4.78, 5) is 0. The first-order valence-electron chi connectivity index (χ1n) is 9.81. The molecule has 0 spiro atoms. The molecule has 2 aromatic carbocycles. The maximum Gasteiger partial charge on any atom is 0.261 e. The van der Waals surface area contributed by atoms with Crippen molar-refractivity contribution in [2.75, 3.05) is 6.61 Å². The maximum absolute atomic E-state index is 6.99. The van der Waals surface area contributed by atoms with Gasteiger partial charge in [-0.05, 0) is 22.3 Å². The molecule has 2 nitrogen and oxygen atoms in total. The maximum atomic E-state index is 6.99. The Labute approximate surface area is 165 Å². The molecule has 144 valence electrons. The van der Waals surface area contributed by atoms with Crippen LogP contribution in [0.15, 0.2) is 73.3 Å². The number of ether oxygens (including phenoxy) is 1. The lowest BCUT2D eigenvalue weighted by molar-refractivity contribution is 0.211. The normalized spacial score (nSPS) is 23.7. The molecule has 0 aromatic heterocycles. The van der Waals surface area contributed by atoms with Crippen LogP contribution in [0.5, 0.6) is 0 Å². The van der Waals surface area contributed by atoms with Crippen molar-refractivity contribution in [3.63, 3.8) is 0 Å². The van der Waals surface area contributed by atoms with Crippen molar-refractivity contribution in [3.05, 3.63) is 73.3 Å². The Morgan fingerprint density at radius 3 is 1.93 bits per heavy atom. The van der Waals surface area contributed by atoms with Crippen molar-refractivity contribution in [1.29, 1.82) is 0 Å². The lowest BCUT2D eigenvalue weighted by atomic mass is 9.98. The van der Waals surface area contributed by atoms with E-state index in [-0.39, 0.29) is 16.7 Å². The molecule has 1 aliphatic rings. The van der Waals surface area contributed by atoms with Gasteiger partial charge in [-0.3, -0.25) is 0 Å². The predicted molar refractivity (Wildman–Crippen MR) is 116 cm³/mol. The zero-order valence-electron chi connectivity index (χ0n) is 17.2. The lowest BCUT2D eigenvalue weighted by Gasteiger charge is -2.43. The van der Waals surface area contributed by atoms with Crippen LogP contribution in [-0.2, 0) is 9.16 Å². The zero-order chi connectivity index (χ0) is 19.7. The zero-order valence-corrected chi connectivity index (χ0v) is 18.2. The molecule has 1 aliphatic heterocycles. The third-order valence-corrected chi connectivity index (χ3v) is 10.8. The molecule has 2 aromatic rings. The molecule has 3 atom stereocenters. The Morgan fingerprint density at radius 2 is 1.56 bits per heavy atom. The van der Waals surface area contributed by atoms with Gasteiger partial charge in [-0.15, -0.1) is 6.58 Å². The lowest BCUT2D eigenvalue weighted by Crippen LogP contribution is -2.67. The molecule has 3 rings (SSSR count). The Hall–Kier alpha value is -1.68. The van der Waals surface area contributed by atoms with Crippen LogP contribution in [0.4, 0.5) is 0 Å². The van der Waals surface area contributed by atoms with E-state index >= 15 is 0 Å². The number of hydrogen-bond acceptors (Lipinski definition) is 2. The van der Waals surface area contributed by atoms with Gasteiger partial charge in [0.25, 0.3) is 8.32 Å². The molecule has 0 amide bonds. The number of hydrogen-bond donors (Lipinski definition) is 0. The van der Waals surface area contributed by atoms with Crippen molar-refractivity contribution in [3.8, 4) is 0 Å². The van der Waals surface area contributed by atoms with Crippen molar-refractivity contribution >= 4 is 18.7 Å². The summed E-state index contributed by atoms with van der Waals surface area (Å²) in [6.07, 6.45) is 2.10. The molecule has 0 saturated carbocycles. The summed E-state index contributed by atoms with van der Waals surface area (Å²) in [6, 6.07) is 21.6. The fourth-order valence-electron chi connectivity index (χ4n) is 4.19. The van der Waals surface area contributed by atoms with Crippen LogP contribution in [0.25, 0.3) is 0 Å². The second-order valence-electron chi connectivity index (χ2n) is 8.88. The van der Waals surface area contributed by atoms with Gasteiger partial charge < -0.3 is 9.16 Å². The van der Waals surface area contributed by atoms with E-state index in [1.807, 2.05) is 6.08 Å². The van der Waals surface area contributed by atoms with Crippen LogP contribution in [0.1, 0.15) is 34.6 Å². The van der Waals surface area contributed by atoms with Crippen LogP contribution >= 0.6 is 0 Å². The van der Waals surface area contributed by atoms with Gasteiger partial charge in [0.15, 0.2) is 0 Å². The minimum Gasteiger partial charge on any atom is -0.407 e. The fraction of sp³-hybridized carbons (Fsp3) is 0.417. The summed E-state index contributed by atoms with van der Waals surface area (Å²) in [6.45, 7) is 15.8.